The van der Waals surface area contributed by atoms with Gasteiger partial charge in [0, 0.05) is 5.41 Å². The van der Waals surface area contributed by atoms with Gasteiger partial charge < -0.3 is 14.6 Å². The molecule has 0 aliphatic carbocycles. The third-order valence-corrected chi connectivity index (χ3v) is 2.68. The number of aliphatic hydroxyl groups excluding tert-OH is 1. The molecule has 0 aromatic carbocycles. The minimum absolute atomic E-state index is 0.346. The smallest absolute Gasteiger partial charge is 0.184 e. The van der Waals surface area contributed by atoms with E-state index in [1.54, 1.807) is 0 Å². The molecule has 0 saturated heterocycles. The van der Waals surface area contributed by atoms with Gasteiger partial charge in [-0.25, -0.2) is 0 Å². The summed E-state index contributed by atoms with van der Waals surface area (Å²) in [4.78, 5) is 0. The van der Waals surface area contributed by atoms with E-state index < -0.39 is 20.2 Å². The zero-order valence-corrected chi connectivity index (χ0v) is 9.74. The third kappa shape index (κ3) is 2.86. The van der Waals surface area contributed by atoms with Crippen molar-refractivity contribution in [1.29, 1.82) is 0 Å². The third-order valence-electron chi connectivity index (χ3n) is 1.82. The molecule has 0 aliphatic rings. The molecule has 0 saturated carbocycles. The zero-order valence-electron chi connectivity index (χ0n) is 8.59. The topological polar surface area (TPSA) is 49.7 Å². The van der Waals surface area contributed by atoms with Gasteiger partial charge in [-0.1, -0.05) is 20.8 Å². The first-order chi connectivity index (χ1) is 5.23. The summed E-state index contributed by atoms with van der Waals surface area (Å²) in [5, 5.41) is 18.9. The van der Waals surface area contributed by atoms with Crippen molar-refractivity contribution in [1.82, 2.24) is 0 Å². The van der Waals surface area contributed by atoms with E-state index in [4.69, 9.17) is 9.53 Å². The highest BCUT2D eigenvalue weighted by molar-refractivity contribution is 6.48. The van der Waals surface area contributed by atoms with E-state index in [2.05, 4.69) is 0 Å². The second-order valence-electron chi connectivity index (χ2n) is 4.36. The lowest BCUT2D eigenvalue weighted by atomic mass is 9.86. The van der Waals surface area contributed by atoms with Gasteiger partial charge in [0.25, 0.3) is 0 Å². The molecule has 1 unspecified atom stereocenters. The monoisotopic (exact) mass is 192 g/mol. The predicted molar refractivity (Wildman–Crippen MR) is 51.5 cm³/mol. The molecular formula is C8H20O3Si. The summed E-state index contributed by atoms with van der Waals surface area (Å²) in [6.07, 6.45) is 0. The second-order valence-corrected chi connectivity index (χ2v) is 6.69. The Balaban J connectivity index is 4.46. The van der Waals surface area contributed by atoms with Crippen molar-refractivity contribution in [3.8, 4) is 0 Å². The van der Waals surface area contributed by atoms with Gasteiger partial charge >= 0.3 is 0 Å². The van der Waals surface area contributed by atoms with E-state index in [0.29, 0.717) is 0 Å². The number of aliphatic hydroxyl groups is 2. The minimum atomic E-state index is -1.38. The summed E-state index contributed by atoms with van der Waals surface area (Å²) in [6, 6.07) is 0. The van der Waals surface area contributed by atoms with Crippen molar-refractivity contribution in [2.75, 3.05) is 6.61 Å². The second kappa shape index (κ2) is 3.87. The quantitative estimate of drug-likeness (QED) is 0.511. The lowest BCUT2D eigenvalue weighted by Crippen LogP contribution is -2.50. The van der Waals surface area contributed by atoms with E-state index in [9.17, 15) is 5.11 Å². The molecule has 0 fully saturated rings. The fourth-order valence-corrected chi connectivity index (χ4v) is 2.05. The largest absolute Gasteiger partial charge is 0.392 e. The lowest BCUT2D eigenvalue weighted by Gasteiger charge is -2.39. The number of hydrogen-bond donors (Lipinski definition) is 2. The molecule has 74 valence electrons. The fraction of sp³-hybridized carbons (Fsp3) is 1.00. The van der Waals surface area contributed by atoms with Gasteiger partial charge in [0.15, 0.2) is 14.8 Å². The van der Waals surface area contributed by atoms with Gasteiger partial charge in [-0.15, -0.1) is 0 Å². The van der Waals surface area contributed by atoms with E-state index >= 15 is 0 Å². The van der Waals surface area contributed by atoms with Gasteiger partial charge in [0.05, 0.1) is 6.61 Å². The van der Waals surface area contributed by atoms with Crippen molar-refractivity contribution < 1.29 is 14.6 Å². The molecule has 0 aromatic rings. The highest BCUT2D eigenvalue weighted by Crippen LogP contribution is 2.31. The molecule has 0 spiro atoms. The summed E-state index contributed by atoms with van der Waals surface area (Å²) in [7, 11) is -1.32. The summed E-state index contributed by atoms with van der Waals surface area (Å²) < 4.78 is 5.40. The lowest BCUT2D eigenvalue weighted by molar-refractivity contribution is -0.230. The Kier molecular flexibility index (Phi) is 3.90. The molecular weight excluding hydrogens is 172 g/mol. The van der Waals surface area contributed by atoms with Gasteiger partial charge in [-0.3, -0.25) is 0 Å². The van der Waals surface area contributed by atoms with Crippen LogP contribution in [0.4, 0.5) is 0 Å². The Morgan fingerprint density at radius 2 is 1.67 bits per heavy atom. The van der Waals surface area contributed by atoms with Crippen LogP contribution in [0.1, 0.15) is 20.8 Å². The minimum Gasteiger partial charge on any atom is -0.392 e. The molecule has 3 nitrogen and oxygen atoms in total. The molecule has 0 bridgehead atoms. The van der Waals surface area contributed by atoms with Crippen LogP contribution in [0.3, 0.4) is 0 Å². The van der Waals surface area contributed by atoms with Crippen molar-refractivity contribution in [3.63, 3.8) is 0 Å². The van der Waals surface area contributed by atoms with Crippen LogP contribution in [0.15, 0.2) is 0 Å². The van der Waals surface area contributed by atoms with Crippen LogP contribution in [0.2, 0.25) is 13.1 Å². The van der Waals surface area contributed by atoms with Gasteiger partial charge in [0.2, 0.25) is 0 Å². The van der Waals surface area contributed by atoms with Crippen LogP contribution in [0.25, 0.3) is 0 Å². The van der Waals surface area contributed by atoms with Gasteiger partial charge in [0.1, 0.15) is 0 Å². The first kappa shape index (κ1) is 12.1. The summed E-state index contributed by atoms with van der Waals surface area (Å²) in [5.41, 5.74) is -0.445. The Labute approximate surface area is 76.1 Å². The average molecular weight is 192 g/mol. The van der Waals surface area contributed by atoms with Crippen molar-refractivity contribution in [2.24, 2.45) is 5.41 Å². The molecule has 12 heavy (non-hydrogen) atoms. The first-order valence-corrected chi connectivity index (χ1v) is 7.02. The van der Waals surface area contributed by atoms with Crippen LogP contribution in [-0.2, 0) is 4.43 Å². The van der Waals surface area contributed by atoms with Crippen molar-refractivity contribution >= 4 is 9.04 Å². The fourth-order valence-electron chi connectivity index (χ4n) is 0.841. The average Bonchev–Trinajstić information content (AvgIpc) is 1.83. The Hall–Kier alpha value is 0.0969. The standard InChI is InChI=1S/C8H20O3Si/c1-7(2,3)8(10,6-9)11-12(4)5/h9-10,12H,6H2,1-5H3. The Morgan fingerprint density at radius 3 is 1.75 bits per heavy atom. The molecule has 2 N–H and O–H groups in total. The molecule has 0 rings (SSSR count). The number of rotatable bonds is 3. The Morgan fingerprint density at radius 1 is 1.25 bits per heavy atom. The number of hydrogen-bond acceptors (Lipinski definition) is 3. The van der Waals surface area contributed by atoms with E-state index in [-0.39, 0.29) is 6.61 Å². The van der Waals surface area contributed by atoms with E-state index in [1.807, 2.05) is 33.9 Å². The van der Waals surface area contributed by atoms with E-state index in [1.165, 1.54) is 0 Å². The Bertz CT molecular complexity index is 142. The van der Waals surface area contributed by atoms with Crippen LogP contribution in [0, 0.1) is 5.41 Å². The van der Waals surface area contributed by atoms with Crippen LogP contribution < -0.4 is 0 Å². The predicted octanol–water partition coefficient (Wildman–Crippen LogP) is 0.713. The molecule has 0 amide bonds. The summed E-state index contributed by atoms with van der Waals surface area (Å²) in [6.45, 7) is 9.13. The summed E-state index contributed by atoms with van der Waals surface area (Å²) in [5.74, 6) is -1.38. The SMILES string of the molecule is C[SiH](C)OC(O)(CO)C(C)(C)C. The van der Waals surface area contributed by atoms with Crippen LogP contribution in [0.5, 0.6) is 0 Å². The van der Waals surface area contributed by atoms with E-state index in [0.717, 1.165) is 0 Å². The maximum absolute atomic E-state index is 9.89. The molecule has 0 radical (unpaired) electrons. The normalized spacial score (nSPS) is 18.0. The maximum Gasteiger partial charge on any atom is 0.184 e. The van der Waals surface area contributed by atoms with Crippen molar-refractivity contribution in [3.05, 3.63) is 0 Å². The van der Waals surface area contributed by atoms with Gasteiger partial charge in [-0.05, 0) is 13.1 Å². The summed E-state index contributed by atoms with van der Waals surface area (Å²) >= 11 is 0. The molecule has 1 atom stereocenters. The first-order valence-electron chi connectivity index (χ1n) is 4.24. The maximum atomic E-state index is 9.89. The highest BCUT2D eigenvalue weighted by atomic mass is 28.3. The zero-order chi connectivity index (χ0) is 9.99. The molecule has 0 aromatic heterocycles. The van der Waals surface area contributed by atoms with Crippen LogP contribution >= 0.6 is 0 Å². The van der Waals surface area contributed by atoms with Crippen molar-refractivity contribution in [2.45, 2.75) is 39.7 Å². The van der Waals surface area contributed by atoms with Crippen LogP contribution in [-0.4, -0.2) is 31.6 Å². The van der Waals surface area contributed by atoms with Gasteiger partial charge in [-0.2, -0.15) is 0 Å². The molecule has 0 aliphatic heterocycles. The highest BCUT2D eigenvalue weighted by Gasteiger charge is 2.41. The molecule has 4 heteroatoms. The molecule has 0 heterocycles.